The van der Waals surface area contributed by atoms with E-state index < -0.39 is 0 Å². The number of hydrogen-bond donors (Lipinski definition) is 0. The maximum absolute atomic E-state index is 6.31. The Morgan fingerprint density at radius 1 is 0.652 bits per heavy atom. The lowest BCUT2D eigenvalue weighted by Crippen LogP contribution is -2.59. The average Bonchev–Trinajstić information content (AvgIpc) is 2.63. The summed E-state index contributed by atoms with van der Waals surface area (Å²) in [5.74, 6) is 1.12. The van der Waals surface area contributed by atoms with E-state index in [1.807, 2.05) is 0 Å². The molecule has 0 aromatic carbocycles. The lowest BCUT2D eigenvalue weighted by molar-refractivity contribution is -0.372. The minimum atomic E-state index is -0.0509. The molecule has 4 rings (SSSR count). The first-order valence-electron chi connectivity index (χ1n) is 9.89. The highest BCUT2D eigenvalue weighted by atomic mass is 16.8. The first kappa shape index (κ1) is 16.3. The summed E-state index contributed by atoms with van der Waals surface area (Å²) in [6.45, 7) is 2.82. The summed E-state index contributed by atoms with van der Waals surface area (Å²) in [6, 6.07) is 0. The zero-order valence-electron chi connectivity index (χ0n) is 14.5. The molecule has 4 fully saturated rings. The summed E-state index contributed by atoms with van der Waals surface area (Å²) in [4.78, 5) is 0. The van der Waals surface area contributed by atoms with Crippen molar-refractivity contribution in [3.8, 4) is 0 Å². The van der Waals surface area contributed by atoms with Crippen LogP contribution in [-0.4, -0.2) is 37.5 Å². The minimum Gasteiger partial charge on any atom is -0.350 e. The van der Waals surface area contributed by atoms with Crippen molar-refractivity contribution in [1.29, 1.82) is 0 Å². The predicted octanol–water partition coefficient (Wildman–Crippen LogP) is 4.02. The molecular formula is C19H32O4. The predicted molar refractivity (Wildman–Crippen MR) is 87.0 cm³/mol. The zero-order valence-corrected chi connectivity index (χ0v) is 14.5. The third kappa shape index (κ3) is 3.60. The summed E-state index contributed by atoms with van der Waals surface area (Å²) in [6.07, 6.45) is 13.0. The number of ether oxygens (including phenoxy) is 4. The number of rotatable bonds is 2. The van der Waals surface area contributed by atoms with Gasteiger partial charge in [0.25, 0.3) is 0 Å². The van der Waals surface area contributed by atoms with E-state index in [9.17, 15) is 0 Å². The summed E-state index contributed by atoms with van der Waals surface area (Å²) in [5.41, 5.74) is 0. The molecule has 0 aromatic rings. The van der Waals surface area contributed by atoms with Crippen LogP contribution in [0.4, 0.5) is 0 Å². The molecule has 2 saturated carbocycles. The molecule has 4 aliphatic rings. The van der Waals surface area contributed by atoms with Crippen molar-refractivity contribution in [2.75, 3.05) is 6.61 Å². The van der Waals surface area contributed by atoms with Gasteiger partial charge >= 0.3 is 0 Å². The third-order valence-electron chi connectivity index (χ3n) is 6.27. The third-order valence-corrected chi connectivity index (χ3v) is 6.27. The van der Waals surface area contributed by atoms with Gasteiger partial charge in [-0.25, -0.2) is 0 Å². The van der Waals surface area contributed by atoms with Crippen LogP contribution in [0.2, 0.25) is 0 Å². The molecule has 0 spiro atoms. The second kappa shape index (κ2) is 7.38. The molecule has 4 nitrogen and oxygen atoms in total. The van der Waals surface area contributed by atoms with Crippen molar-refractivity contribution in [1.82, 2.24) is 0 Å². The average molecular weight is 324 g/mol. The van der Waals surface area contributed by atoms with E-state index in [1.54, 1.807) is 0 Å². The van der Waals surface area contributed by atoms with Crippen LogP contribution < -0.4 is 0 Å². The van der Waals surface area contributed by atoms with Gasteiger partial charge in [0.1, 0.15) is 12.2 Å². The molecular weight excluding hydrogens is 292 g/mol. The summed E-state index contributed by atoms with van der Waals surface area (Å²) >= 11 is 0. The van der Waals surface area contributed by atoms with Crippen molar-refractivity contribution in [2.45, 2.75) is 102 Å². The van der Waals surface area contributed by atoms with Crippen LogP contribution in [0.5, 0.6) is 0 Å². The number of hydrogen-bond acceptors (Lipinski definition) is 4. The van der Waals surface area contributed by atoms with E-state index in [2.05, 4.69) is 6.92 Å². The molecule has 0 N–H and O–H groups in total. The molecule has 4 heteroatoms. The standard InChI is InChI=1S/C19H32O4/c1-13-17-16(22-19(21-13)15-10-6-3-7-11-15)12-20-18(23-17)14-8-4-2-5-9-14/h13-19H,2-12H2,1H3. The second-order valence-electron chi connectivity index (χ2n) is 7.98. The normalized spacial score (nSPS) is 44.0. The molecule has 0 radical (unpaired) electrons. The topological polar surface area (TPSA) is 36.9 Å². The summed E-state index contributed by atoms with van der Waals surface area (Å²) < 4.78 is 24.9. The maximum atomic E-state index is 6.31. The zero-order chi connectivity index (χ0) is 15.6. The van der Waals surface area contributed by atoms with Gasteiger partial charge in [-0.05, 0) is 32.6 Å². The van der Waals surface area contributed by atoms with Crippen molar-refractivity contribution >= 4 is 0 Å². The van der Waals surface area contributed by atoms with E-state index >= 15 is 0 Å². The maximum Gasteiger partial charge on any atom is 0.161 e. The van der Waals surface area contributed by atoms with E-state index in [0.29, 0.717) is 18.4 Å². The summed E-state index contributed by atoms with van der Waals surface area (Å²) in [7, 11) is 0. The second-order valence-corrected chi connectivity index (χ2v) is 7.98. The Kier molecular flexibility index (Phi) is 5.24. The van der Waals surface area contributed by atoms with Crippen molar-refractivity contribution in [3.63, 3.8) is 0 Å². The fraction of sp³-hybridized carbons (Fsp3) is 1.00. The quantitative estimate of drug-likeness (QED) is 0.769. The molecule has 0 aromatic heterocycles. The number of fused-ring (bicyclic) bond motifs is 1. The van der Waals surface area contributed by atoms with Crippen LogP contribution in [0.15, 0.2) is 0 Å². The van der Waals surface area contributed by atoms with E-state index in [1.165, 1.54) is 64.2 Å². The summed E-state index contributed by atoms with van der Waals surface area (Å²) in [5, 5.41) is 0. The fourth-order valence-electron chi connectivity index (χ4n) is 4.87. The van der Waals surface area contributed by atoms with Gasteiger partial charge in [0.05, 0.1) is 12.7 Å². The molecule has 2 aliphatic carbocycles. The lowest BCUT2D eigenvalue weighted by Gasteiger charge is -2.48. The van der Waals surface area contributed by atoms with Gasteiger partial charge in [-0.1, -0.05) is 38.5 Å². The van der Waals surface area contributed by atoms with Crippen LogP contribution in [-0.2, 0) is 18.9 Å². The lowest BCUT2D eigenvalue weighted by atomic mass is 9.87. The highest BCUT2D eigenvalue weighted by molar-refractivity contribution is 4.87. The molecule has 0 amide bonds. The van der Waals surface area contributed by atoms with Gasteiger partial charge in [-0.3, -0.25) is 0 Å². The molecule has 2 aliphatic heterocycles. The van der Waals surface area contributed by atoms with Gasteiger partial charge in [0.2, 0.25) is 0 Å². The molecule has 2 saturated heterocycles. The first-order valence-corrected chi connectivity index (χ1v) is 9.89. The molecule has 0 bridgehead atoms. The van der Waals surface area contributed by atoms with Crippen LogP contribution in [0.25, 0.3) is 0 Å². The molecule has 5 atom stereocenters. The van der Waals surface area contributed by atoms with Crippen LogP contribution in [0.1, 0.15) is 71.1 Å². The minimum absolute atomic E-state index is 0.0375. The van der Waals surface area contributed by atoms with Crippen LogP contribution in [0, 0.1) is 11.8 Å². The van der Waals surface area contributed by atoms with E-state index in [-0.39, 0.29) is 30.9 Å². The molecule has 23 heavy (non-hydrogen) atoms. The van der Waals surface area contributed by atoms with Crippen molar-refractivity contribution in [2.24, 2.45) is 11.8 Å². The van der Waals surface area contributed by atoms with Crippen molar-refractivity contribution < 1.29 is 18.9 Å². The molecule has 5 unspecified atom stereocenters. The van der Waals surface area contributed by atoms with Gasteiger partial charge in [-0.2, -0.15) is 0 Å². The molecule has 132 valence electrons. The van der Waals surface area contributed by atoms with Crippen molar-refractivity contribution in [3.05, 3.63) is 0 Å². The van der Waals surface area contributed by atoms with Crippen LogP contribution >= 0.6 is 0 Å². The Morgan fingerprint density at radius 2 is 1.26 bits per heavy atom. The van der Waals surface area contributed by atoms with Crippen LogP contribution in [0.3, 0.4) is 0 Å². The van der Waals surface area contributed by atoms with E-state index in [0.717, 1.165) is 0 Å². The Labute approximate surface area is 140 Å². The van der Waals surface area contributed by atoms with Gasteiger partial charge < -0.3 is 18.9 Å². The van der Waals surface area contributed by atoms with Gasteiger partial charge in [0.15, 0.2) is 12.6 Å². The first-order chi connectivity index (χ1) is 11.3. The Balaban J connectivity index is 1.35. The fourth-order valence-corrected chi connectivity index (χ4v) is 4.87. The smallest absolute Gasteiger partial charge is 0.161 e. The van der Waals surface area contributed by atoms with Gasteiger partial charge in [-0.15, -0.1) is 0 Å². The largest absolute Gasteiger partial charge is 0.350 e. The molecule has 2 heterocycles. The highest BCUT2D eigenvalue weighted by Crippen LogP contribution is 2.38. The highest BCUT2D eigenvalue weighted by Gasteiger charge is 2.46. The monoisotopic (exact) mass is 324 g/mol. The Bertz CT molecular complexity index is 376. The van der Waals surface area contributed by atoms with Gasteiger partial charge in [0, 0.05) is 11.8 Å². The SMILES string of the molecule is CC1OC(C2CCCCC2)OC2COC(C3CCCCC3)OC12. The van der Waals surface area contributed by atoms with E-state index in [4.69, 9.17) is 18.9 Å². The Hall–Kier alpha value is -0.160. The Morgan fingerprint density at radius 3 is 1.91 bits per heavy atom.